The van der Waals surface area contributed by atoms with Crippen molar-refractivity contribution in [3.8, 4) is 0 Å². The first-order chi connectivity index (χ1) is 8.08. The molecule has 0 amide bonds. The standard InChI is InChI=1S/C15H24N2/c1-11-5-6-12(2)15-14(11)8-7-13(16-15)9-10-17(3)4/h5-6,13,16H,7-10H2,1-4H3. The maximum atomic E-state index is 3.73. The van der Waals surface area contributed by atoms with Gasteiger partial charge in [0.15, 0.2) is 0 Å². The van der Waals surface area contributed by atoms with Crippen molar-refractivity contribution in [1.82, 2.24) is 4.90 Å². The Hall–Kier alpha value is -1.02. The van der Waals surface area contributed by atoms with Gasteiger partial charge in [-0.2, -0.15) is 0 Å². The Bertz CT molecular complexity index is 396. The number of nitrogens with one attached hydrogen (secondary N) is 1. The number of hydrogen-bond donors (Lipinski definition) is 1. The zero-order valence-electron chi connectivity index (χ0n) is 11.5. The molecule has 0 bridgehead atoms. The lowest BCUT2D eigenvalue weighted by Gasteiger charge is -2.30. The van der Waals surface area contributed by atoms with Crippen LogP contribution in [0.25, 0.3) is 0 Å². The van der Waals surface area contributed by atoms with Crippen LogP contribution < -0.4 is 5.32 Å². The summed E-state index contributed by atoms with van der Waals surface area (Å²) >= 11 is 0. The molecule has 0 aliphatic carbocycles. The number of fused-ring (bicyclic) bond motifs is 1. The number of rotatable bonds is 3. The highest BCUT2D eigenvalue weighted by molar-refractivity contribution is 5.62. The molecular weight excluding hydrogens is 208 g/mol. The third-order valence-electron chi connectivity index (χ3n) is 3.77. The Balaban J connectivity index is 2.10. The molecule has 0 saturated carbocycles. The van der Waals surface area contributed by atoms with Gasteiger partial charge in [0.25, 0.3) is 0 Å². The highest BCUT2D eigenvalue weighted by atomic mass is 15.1. The van der Waals surface area contributed by atoms with E-state index in [-0.39, 0.29) is 0 Å². The molecule has 0 radical (unpaired) electrons. The normalized spacial score (nSPS) is 19.0. The van der Waals surface area contributed by atoms with Crippen LogP contribution in [0.3, 0.4) is 0 Å². The van der Waals surface area contributed by atoms with E-state index in [0.29, 0.717) is 6.04 Å². The quantitative estimate of drug-likeness (QED) is 0.862. The molecule has 1 aliphatic rings. The molecule has 0 aromatic heterocycles. The van der Waals surface area contributed by atoms with E-state index in [2.05, 4.69) is 50.3 Å². The van der Waals surface area contributed by atoms with Gasteiger partial charge in [0.2, 0.25) is 0 Å². The molecule has 1 aliphatic heterocycles. The second-order valence-corrected chi connectivity index (χ2v) is 5.52. The highest BCUT2D eigenvalue weighted by Crippen LogP contribution is 2.31. The monoisotopic (exact) mass is 232 g/mol. The molecule has 0 spiro atoms. The first kappa shape index (κ1) is 12.4. The van der Waals surface area contributed by atoms with E-state index in [1.807, 2.05) is 0 Å². The Morgan fingerprint density at radius 2 is 1.94 bits per heavy atom. The molecule has 1 N–H and O–H groups in total. The van der Waals surface area contributed by atoms with E-state index < -0.39 is 0 Å². The van der Waals surface area contributed by atoms with E-state index in [9.17, 15) is 0 Å². The van der Waals surface area contributed by atoms with Crippen molar-refractivity contribution in [2.24, 2.45) is 0 Å². The van der Waals surface area contributed by atoms with Crippen molar-refractivity contribution in [2.45, 2.75) is 39.2 Å². The summed E-state index contributed by atoms with van der Waals surface area (Å²) in [6.45, 7) is 5.59. The topological polar surface area (TPSA) is 15.3 Å². The predicted molar refractivity (Wildman–Crippen MR) is 74.8 cm³/mol. The minimum Gasteiger partial charge on any atom is -0.382 e. The summed E-state index contributed by atoms with van der Waals surface area (Å²) in [5.41, 5.74) is 5.76. The Kier molecular flexibility index (Phi) is 3.72. The smallest absolute Gasteiger partial charge is 0.0407 e. The zero-order chi connectivity index (χ0) is 12.4. The average Bonchev–Trinajstić information content (AvgIpc) is 2.31. The second-order valence-electron chi connectivity index (χ2n) is 5.52. The summed E-state index contributed by atoms with van der Waals surface area (Å²) in [7, 11) is 4.29. The molecule has 1 heterocycles. The third kappa shape index (κ3) is 2.81. The van der Waals surface area contributed by atoms with E-state index in [4.69, 9.17) is 0 Å². The van der Waals surface area contributed by atoms with E-state index >= 15 is 0 Å². The minimum atomic E-state index is 0.644. The lowest BCUT2D eigenvalue weighted by molar-refractivity contribution is 0.379. The van der Waals surface area contributed by atoms with Crippen LogP contribution in [0.15, 0.2) is 12.1 Å². The van der Waals surface area contributed by atoms with Gasteiger partial charge in [0, 0.05) is 11.7 Å². The molecule has 2 nitrogen and oxygen atoms in total. The lowest BCUT2D eigenvalue weighted by atomic mass is 9.91. The van der Waals surface area contributed by atoms with Crippen LogP contribution in [-0.4, -0.2) is 31.6 Å². The molecule has 1 aromatic carbocycles. The van der Waals surface area contributed by atoms with E-state index in [1.165, 1.54) is 41.6 Å². The van der Waals surface area contributed by atoms with Crippen LogP contribution in [0.5, 0.6) is 0 Å². The molecule has 0 fully saturated rings. The maximum Gasteiger partial charge on any atom is 0.0407 e. The fraction of sp³-hybridized carbons (Fsp3) is 0.600. The van der Waals surface area contributed by atoms with E-state index in [1.54, 1.807) is 0 Å². The van der Waals surface area contributed by atoms with Crippen LogP contribution in [0.1, 0.15) is 29.5 Å². The molecule has 94 valence electrons. The molecule has 1 unspecified atom stereocenters. The lowest BCUT2D eigenvalue weighted by Crippen LogP contribution is -2.30. The SMILES string of the molecule is Cc1ccc(C)c2c1CCC(CCN(C)C)N2. The zero-order valence-corrected chi connectivity index (χ0v) is 11.5. The van der Waals surface area contributed by atoms with Gasteiger partial charge >= 0.3 is 0 Å². The van der Waals surface area contributed by atoms with Crippen molar-refractivity contribution in [1.29, 1.82) is 0 Å². The van der Waals surface area contributed by atoms with Crippen molar-refractivity contribution in [3.05, 3.63) is 28.8 Å². The molecule has 17 heavy (non-hydrogen) atoms. The van der Waals surface area contributed by atoms with Gasteiger partial charge in [-0.1, -0.05) is 12.1 Å². The largest absolute Gasteiger partial charge is 0.382 e. The molecule has 0 saturated heterocycles. The van der Waals surface area contributed by atoms with Crippen molar-refractivity contribution < 1.29 is 0 Å². The van der Waals surface area contributed by atoms with Gasteiger partial charge in [0.05, 0.1) is 0 Å². The van der Waals surface area contributed by atoms with Crippen LogP contribution in [-0.2, 0) is 6.42 Å². The van der Waals surface area contributed by atoms with E-state index in [0.717, 1.165) is 6.54 Å². The molecule has 1 atom stereocenters. The number of hydrogen-bond acceptors (Lipinski definition) is 2. The van der Waals surface area contributed by atoms with Crippen LogP contribution in [0, 0.1) is 13.8 Å². The van der Waals surface area contributed by atoms with Crippen LogP contribution in [0.2, 0.25) is 0 Å². The Labute approximate surface area is 105 Å². The van der Waals surface area contributed by atoms with Gasteiger partial charge < -0.3 is 10.2 Å². The summed E-state index contributed by atoms with van der Waals surface area (Å²) < 4.78 is 0. The fourth-order valence-electron chi connectivity index (χ4n) is 2.62. The number of nitrogens with zero attached hydrogens (tertiary/aromatic N) is 1. The van der Waals surface area contributed by atoms with Gasteiger partial charge in [-0.15, -0.1) is 0 Å². The Morgan fingerprint density at radius 1 is 1.24 bits per heavy atom. The molecular formula is C15H24N2. The summed E-state index contributed by atoms with van der Waals surface area (Å²) in [5.74, 6) is 0. The first-order valence-electron chi connectivity index (χ1n) is 6.58. The second kappa shape index (κ2) is 5.09. The number of anilines is 1. The van der Waals surface area contributed by atoms with Gasteiger partial charge in [-0.25, -0.2) is 0 Å². The molecule has 1 aromatic rings. The van der Waals surface area contributed by atoms with Crippen molar-refractivity contribution in [3.63, 3.8) is 0 Å². The highest BCUT2D eigenvalue weighted by Gasteiger charge is 2.20. The maximum absolute atomic E-state index is 3.73. The van der Waals surface area contributed by atoms with Gasteiger partial charge in [-0.3, -0.25) is 0 Å². The number of aryl methyl sites for hydroxylation is 2. The first-order valence-corrected chi connectivity index (χ1v) is 6.58. The summed E-state index contributed by atoms with van der Waals surface area (Å²) in [4.78, 5) is 2.26. The predicted octanol–water partition coefficient (Wildman–Crippen LogP) is 2.98. The van der Waals surface area contributed by atoms with Gasteiger partial charge in [0.1, 0.15) is 0 Å². The van der Waals surface area contributed by atoms with Crippen molar-refractivity contribution in [2.75, 3.05) is 26.0 Å². The van der Waals surface area contributed by atoms with Crippen LogP contribution in [0.4, 0.5) is 5.69 Å². The van der Waals surface area contributed by atoms with Crippen LogP contribution >= 0.6 is 0 Å². The molecule has 2 heteroatoms. The number of benzene rings is 1. The minimum absolute atomic E-state index is 0.644. The summed E-state index contributed by atoms with van der Waals surface area (Å²) in [5, 5.41) is 3.73. The summed E-state index contributed by atoms with van der Waals surface area (Å²) in [6, 6.07) is 5.12. The Morgan fingerprint density at radius 3 is 2.65 bits per heavy atom. The van der Waals surface area contributed by atoms with Crippen molar-refractivity contribution >= 4 is 5.69 Å². The molecule has 2 rings (SSSR count). The summed E-state index contributed by atoms with van der Waals surface area (Å²) in [6.07, 6.45) is 3.74. The fourth-order valence-corrected chi connectivity index (χ4v) is 2.62. The van der Waals surface area contributed by atoms with Gasteiger partial charge in [-0.05, 0) is 70.4 Å². The third-order valence-corrected chi connectivity index (χ3v) is 3.77. The average molecular weight is 232 g/mol.